The summed E-state index contributed by atoms with van der Waals surface area (Å²) in [4.78, 5) is 12.5. The zero-order valence-corrected chi connectivity index (χ0v) is 15.9. The van der Waals surface area contributed by atoms with Crippen molar-refractivity contribution >= 4 is 11.6 Å². The Morgan fingerprint density at radius 1 is 0.920 bits per heavy atom. The van der Waals surface area contributed by atoms with Crippen molar-refractivity contribution in [1.82, 2.24) is 0 Å². The molecule has 0 saturated carbocycles. The molecule has 0 aliphatic heterocycles. The topological polar surface area (TPSA) is 38.3 Å². The summed E-state index contributed by atoms with van der Waals surface area (Å²) in [6, 6.07) is 15.8. The number of rotatable bonds is 7. The van der Waals surface area contributed by atoms with E-state index < -0.39 is 0 Å². The predicted octanol–water partition coefficient (Wildman–Crippen LogP) is 5.41. The van der Waals surface area contributed by atoms with Crippen molar-refractivity contribution in [2.45, 2.75) is 53.1 Å². The van der Waals surface area contributed by atoms with Gasteiger partial charge in [0, 0.05) is 5.69 Å². The number of benzene rings is 2. The highest BCUT2D eigenvalue weighted by Crippen LogP contribution is 2.21. The molecule has 1 atom stereocenters. The van der Waals surface area contributed by atoms with Crippen LogP contribution in [-0.2, 0) is 11.2 Å². The number of hydrogen-bond acceptors (Lipinski definition) is 2. The summed E-state index contributed by atoms with van der Waals surface area (Å²) in [5.41, 5.74) is 3.13. The number of carbonyl (C=O) groups is 1. The maximum atomic E-state index is 12.5. The largest absolute Gasteiger partial charge is 0.491 e. The first-order valence-electron chi connectivity index (χ1n) is 9.01. The van der Waals surface area contributed by atoms with Gasteiger partial charge in [-0.05, 0) is 68.5 Å². The van der Waals surface area contributed by atoms with Crippen molar-refractivity contribution in [3.8, 4) is 5.75 Å². The molecule has 0 radical (unpaired) electrons. The zero-order valence-electron chi connectivity index (χ0n) is 15.9. The standard InChI is InChI=1S/C22H29NO2/c1-15(2)14-18-6-8-19(9-7-18)17(5)22(24)23-20-10-12-21(13-11-20)25-16(3)4/h6-13,15-17H,14H2,1-5H3,(H,23,24). The summed E-state index contributed by atoms with van der Waals surface area (Å²) in [5.74, 6) is 1.24. The van der Waals surface area contributed by atoms with Gasteiger partial charge in [0.2, 0.25) is 5.91 Å². The van der Waals surface area contributed by atoms with Crippen molar-refractivity contribution in [2.75, 3.05) is 5.32 Å². The molecule has 3 heteroatoms. The van der Waals surface area contributed by atoms with Gasteiger partial charge in [-0.15, -0.1) is 0 Å². The quantitative estimate of drug-likeness (QED) is 0.732. The maximum absolute atomic E-state index is 12.5. The van der Waals surface area contributed by atoms with Gasteiger partial charge in [0.15, 0.2) is 0 Å². The number of anilines is 1. The van der Waals surface area contributed by atoms with Crippen LogP contribution < -0.4 is 10.1 Å². The van der Waals surface area contributed by atoms with E-state index in [1.165, 1.54) is 5.56 Å². The second kappa shape index (κ2) is 8.70. The van der Waals surface area contributed by atoms with Gasteiger partial charge in [0.05, 0.1) is 12.0 Å². The van der Waals surface area contributed by atoms with Crippen LogP contribution in [0.1, 0.15) is 51.7 Å². The summed E-state index contributed by atoms with van der Waals surface area (Å²) >= 11 is 0. The van der Waals surface area contributed by atoms with Gasteiger partial charge < -0.3 is 10.1 Å². The number of nitrogens with one attached hydrogen (secondary N) is 1. The van der Waals surface area contributed by atoms with Gasteiger partial charge in [-0.1, -0.05) is 38.1 Å². The van der Waals surface area contributed by atoms with Crippen molar-refractivity contribution in [3.05, 3.63) is 59.7 Å². The molecule has 25 heavy (non-hydrogen) atoms. The fourth-order valence-corrected chi connectivity index (χ4v) is 2.70. The minimum atomic E-state index is -0.195. The Morgan fingerprint density at radius 2 is 1.52 bits per heavy atom. The second-order valence-electron chi connectivity index (χ2n) is 7.24. The number of ether oxygens (including phenoxy) is 1. The van der Waals surface area contributed by atoms with Crippen LogP contribution in [0.25, 0.3) is 0 Å². The number of carbonyl (C=O) groups excluding carboxylic acids is 1. The molecule has 0 fully saturated rings. The van der Waals surface area contributed by atoms with Gasteiger partial charge in [-0.3, -0.25) is 4.79 Å². The fraction of sp³-hybridized carbons (Fsp3) is 0.409. The van der Waals surface area contributed by atoms with E-state index in [1.54, 1.807) is 0 Å². The zero-order chi connectivity index (χ0) is 18.4. The van der Waals surface area contributed by atoms with Crippen LogP contribution in [0.5, 0.6) is 5.75 Å². The first-order chi connectivity index (χ1) is 11.8. The van der Waals surface area contributed by atoms with E-state index in [2.05, 4.69) is 43.4 Å². The van der Waals surface area contributed by atoms with Crippen molar-refractivity contribution in [2.24, 2.45) is 5.92 Å². The average molecular weight is 339 g/mol. The molecule has 0 spiro atoms. The minimum absolute atomic E-state index is 0.00543. The highest BCUT2D eigenvalue weighted by molar-refractivity contribution is 5.95. The molecule has 2 aromatic carbocycles. The molecule has 0 aliphatic rings. The molecule has 2 rings (SSSR count). The van der Waals surface area contributed by atoms with Gasteiger partial charge in [0.25, 0.3) is 0 Å². The van der Waals surface area contributed by atoms with Crippen LogP contribution in [0.3, 0.4) is 0 Å². The monoisotopic (exact) mass is 339 g/mol. The molecular weight excluding hydrogens is 310 g/mol. The molecule has 3 nitrogen and oxygen atoms in total. The Kier molecular flexibility index (Phi) is 6.63. The van der Waals surface area contributed by atoms with Crippen molar-refractivity contribution in [1.29, 1.82) is 0 Å². The van der Waals surface area contributed by atoms with Crippen LogP contribution in [0.4, 0.5) is 5.69 Å². The van der Waals surface area contributed by atoms with E-state index in [4.69, 9.17) is 4.74 Å². The van der Waals surface area contributed by atoms with Gasteiger partial charge in [-0.25, -0.2) is 0 Å². The van der Waals surface area contributed by atoms with Gasteiger partial charge in [-0.2, -0.15) is 0 Å². The first kappa shape index (κ1) is 19.0. The van der Waals surface area contributed by atoms with Crippen LogP contribution in [0.15, 0.2) is 48.5 Å². The SMILES string of the molecule is CC(C)Cc1ccc(C(C)C(=O)Nc2ccc(OC(C)C)cc2)cc1. The van der Waals surface area contributed by atoms with E-state index in [0.29, 0.717) is 5.92 Å². The smallest absolute Gasteiger partial charge is 0.231 e. The highest BCUT2D eigenvalue weighted by atomic mass is 16.5. The third-order valence-corrected chi connectivity index (χ3v) is 4.01. The molecule has 0 saturated heterocycles. The van der Waals surface area contributed by atoms with Crippen LogP contribution in [0.2, 0.25) is 0 Å². The summed E-state index contributed by atoms with van der Waals surface area (Å²) in [6.07, 6.45) is 1.20. The molecular formula is C22H29NO2. The Morgan fingerprint density at radius 3 is 2.04 bits per heavy atom. The van der Waals surface area contributed by atoms with Gasteiger partial charge in [0.1, 0.15) is 5.75 Å². The fourth-order valence-electron chi connectivity index (χ4n) is 2.70. The highest BCUT2D eigenvalue weighted by Gasteiger charge is 2.15. The summed E-state index contributed by atoms with van der Waals surface area (Å²) < 4.78 is 5.62. The molecule has 1 unspecified atom stereocenters. The molecule has 1 amide bonds. The number of amides is 1. The summed E-state index contributed by atoms with van der Waals surface area (Å²) in [5, 5.41) is 2.97. The van der Waals surface area contributed by atoms with E-state index >= 15 is 0 Å². The van der Waals surface area contributed by atoms with E-state index in [9.17, 15) is 4.79 Å². The molecule has 0 aromatic heterocycles. The number of hydrogen-bond donors (Lipinski definition) is 1. The summed E-state index contributed by atoms with van der Waals surface area (Å²) in [6.45, 7) is 10.3. The van der Waals surface area contributed by atoms with Crippen LogP contribution in [0, 0.1) is 5.92 Å². The third-order valence-electron chi connectivity index (χ3n) is 4.01. The predicted molar refractivity (Wildman–Crippen MR) is 104 cm³/mol. The molecule has 0 bridgehead atoms. The van der Waals surface area contributed by atoms with E-state index in [1.807, 2.05) is 45.0 Å². The lowest BCUT2D eigenvalue weighted by molar-refractivity contribution is -0.117. The van der Waals surface area contributed by atoms with Crippen LogP contribution in [-0.4, -0.2) is 12.0 Å². The Balaban J connectivity index is 1.97. The maximum Gasteiger partial charge on any atom is 0.231 e. The molecule has 0 heterocycles. The average Bonchev–Trinajstić information content (AvgIpc) is 2.55. The molecule has 0 aliphatic carbocycles. The lowest BCUT2D eigenvalue weighted by atomic mass is 9.96. The van der Waals surface area contributed by atoms with Crippen LogP contribution >= 0.6 is 0 Å². The first-order valence-corrected chi connectivity index (χ1v) is 9.01. The third kappa shape index (κ3) is 5.93. The Bertz CT molecular complexity index is 672. The second-order valence-corrected chi connectivity index (χ2v) is 7.24. The lowest BCUT2D eigenvalue weighted by Crippen LogP contribution is -2.18. The minimum Gasteiger partial charge on any atom is -0.491 e. The van der Waals surface area contributed by atoms with E-state index in [-0.39, 0.29) is 17.9 Å². The Hall–Kier alpha value is -2.29. The van der Waals surface area contributed by atoms with Crippen molar-refractivity contribution in [3.63, 3.8) is 0 Å². The normalized spacial score (nSPS) is 12.3. The lowest BCUT2D eigenvalue weighted by Gasteiger charge is -2.14. The Labute approximate surface area is 151 Å². The van der Waals surface area contributed by atoms with E-state index in [0.717, 1.165) is 23.4 Å². The summed E-state index contributed by atoms with van der Waals surface area (Å²) in [7, 11) is 0. The molecule has 1 N–H and O–H groups in total. The molecule has 134 valence electrons. The molecule has 2 aromatic rings. The van der Waals surface area contributed by atoms with Gasteiger partial charge >= 0.3 is 0 Å². The van der Waals surface area contributed by atoms with Crippen molar-refractivity contribution < 1.29 is 9.53 Å².